The Morgan fingerprint density at radius 2 is 2.17 bits per heavy atom. The highest BCUT2D eigenvalue weighted by molar-refractivity contribution is 5.78. The maximum atomic E-state index is 12.0. The van der Waals surface area contributed by atoms with Gasteiger partial charge in [0.25, 0.3) is 0 Å². The Morgan fingerprint density at radius 1 is 1.38 bits per heavy atom. The predicted molar refractivity (Wildman–Crippen MR) is 89.4 cm³/mol. The number of benzene rings is 1. The highest BCUT2D eigenvalue weighted by Gasteiger charge is 2.18. The Hall–Kier alpha value is -2.25. The smallest absolute Gasteiger partial charge is 0.234 e. The molecule has 0 bridgehead atoms. The molecule has 3 rings (SSSR count). The Balaban J connectivity index is 1.51. The first kappa shape index (κ1) is 16.6. The van der Waals surface area contributed by atoms with Gasteiger partial charge >= 0.3 is 0 Å². The number of hydrogen-bond acceptors (Lipinski definition) is 6. The molecule has 7 heteroatoms. The standard InChI is InChI=1S/C17H23N3O4/c1-12-14-10-13(21)2-3-16(14)24-19-15(12)4-5-18-17(22)11-20-6-8-23-9-7-20/h2-3,10,19,21H,4-9,11H2,1H3,(H,18,22). The third kappa shape index (κ3) is 3.98. The van der Waals surface area contributed by atoms with Crippen molar-refractivity contribution in [2.45, 2.75) is 13.3 Å². The molecule has 0 aromatic heterocycles. The van der Waals surface area contributed by atoms with Gasteiger partial charge in [0.15, 0.2) is 5.75 Å². The molecule has 1 saturated heterocycles. The van der Waals surface area contributed by atoms with Crippen LogP contribution >= 0.6 is 0 Å². The molecule has 0 unspecified atom stereocenters. The predicted octanol–water partition coefficient (Wildman–Crippen LogP) is 0.859. The van der Waals surface area contributed by atoms with Crippen LogP contribution in [0, 0.1) is 0 Å². The third-order valence-electron chi connectivity index (χ3n) is 4.27. The number of allylic oxidation sites excluding steroid dienone is 1. The van der Waals surface area contributed by atoms with Gasteiger partial charge in [-0.25, -0.2) is 5.48 Å². The molecule has 2 heterocycles. The molecular weight excluding hydrogens is 310 g/mol. The fourth-order valence-electron chi connectivity index (χ4n) is 2.84. The first-order valence-electron chi connectivity index (χ1n) is 8.16. The van der Waals surface area contributed by atoms with Crippen LogP contribution in [0.2, 0.25) is 0 Å². The normalized spacial score (nSPS) is 17.7. The van der Waals surface area contributed by atoms with Gasteiger partial charge in [0.2, 0.25) is 5.91 Å². The van der Waals surface area contributed by atoms with Crippen LogP contribution in [0.15, 0.2) is 23.9 Å². The number of phenols is 1. The van der Waals surface area contributed by atoms with E-state index >= 15 is 0 Å². The van der Waals surface area contributed by atoms with E-state index < -0.39 is 0 Å². The molecule has 1 amide bonds. The molecule has 2 aliphatic heterocycles. The van der Waals surface area contributed by atoms with E-state index in [9.17, 15) is 9.90 Å². The Kier molecular flexibility index (Phi) is 5.22. The highest BCUT2D eigenvalue weighted by atomic mass is 16.6. The van der Waals surface area contributed by atoms with E-state index in [0.717, 1.165) is 29.9 Å². The lowest BCUT2D eigenvalue weighted by Crippen LogP contribution is -2.43. The number of rotatable bonds is 5. The maximum Gasteiger partial charge on any atom is 0.234 e. The average molecular weight is 333 g/mol. The lowest BCUT2D eigenvalue weighted by atomic mass is 10.0. The van der Waals surface area contributed by atoms with Crippen LogP contribution in [0.5, 0.6) is 11.5 Å². The number of nitrogens with one attached hydrogen (secondary N) is 2. The quantitative estimate of drug-likeness (QED) is 0.741. The summed E-state index contributed by atoms with van der Waals surface area (Å²) in [5, 5.41) is 12.6. The zero-order valence-corrected chi connectivity index (χ0v) is 13.8. The van der Waals surface area contributed by atoms with Gasteiger partial charge < -0.3 is 20.0 Å². The van der Waals surface area contributed by atoms with Crippen molar-refractivity contribution in [3.05, 3.63) is 29.5 Å². The summed E-state index contributed by atoms with van der Waals surface area (Å²) in [6, 6.07) is 5.00. The minimum absolute atomic E-state index is 0.0184. The first-order valence-corrected chi connectivity index (χ1v) is 8.16. The molecule has 2 aliphatic rings. The number of carbonyl (C=O) groups is 1. The number of carbonyl (C=O) groups excluding carboxylic acids is 1. The van der Waals surface area contributed by atoms with Crippen LogP contribution in [-0.2, 0) is 9.53 Å². The monoisotopic (exact) mass is 333 g/mol. The zero-order chi connectivity index (χ0) is 16.9. The summed E-state index contributed by atoms with van der Waals surface area (Å²) in [4.78, 5) is 19.6. The van der Waals surface area contributed by atoms with Crippen molar-refractivity contribution in [1.29, 1.82) is 0 Å². The molecule has 3 N–H and O–H groups in total. The number of nitrogens with zero attached hydrogens (tertiary/aromatic N) is 1. The SMILES string of the molecule is CC1=C(CCNC(=O)CN2CCOCC2)NOc2ccc(O)cc21. The number of phenolic OH excluding ortho intramolecular Hbond substituents is 1. The van der Waals surface area contributed by atoms with Crippen LogP contribution < -0.4 is 15.6 Å². The first-order chi connectivity index (χ1) is 11.6. The summed E-state index contributed by atoms with van der Waals surface area (Å²) in [6.45, 7) is 5.88. The van der Waals surface area contributed by atoms with E-state index in [4.69, 9.17) is 9.57 Å². The molecule has 1 aromatic carbocycles. The second-order valence-electron chi connectivity index (χ2n) is 5.98. The van der Waals surface area contributed by atoms with Gasteiger partial charge in [0, 0.05) is 31.6 Å². The molecular formula is C17H23N3O4. The van der Waals surface area contributed by atoms with E-state index in [1.54, 1.807) is 18.2 Å². The largest absolute Gasteiger partial charge is 0.508 e. The van der Waals surface area contributed by atoms with Crippen molar-refractivity contribution in [3.63, 3.8) is 0 Å². The van der Waals surface area contributed by atoms with Crippen molar-refractivity contribution >= 4 is 11.5 Å². The number of fused-ring (bicyclic) bond motifs is 1. The molecule has 0 aliphatic carbocycles. The zero-order valence-electron chi connectivity index (χ0n) is 13.8. The van der Waals surface area contributed by atoms with Crippen molar-refractivity contribution in [2.75, 3.05) is 39.4 Å². The van der Waals surface area contributed by atoms with Gasteiger partial charge in [-0.3, -0.25) is 9.69 Å². The number of hydrogen-bond donors (Lipinski definition) is 3. The summed E-state index contributed by atoms with van der Waals surface area (Å²) in [7, 11) is 0. The van der Waals surface area contributed by atoms with E-state index in [1.165, 1.54) is 0 Å². The molecule has 1 fully saturated rings. The molecule has 0 spiro atoms. The van der Waals surface area contributed by atoms with Gasteiger partial charge in [-0.1, -0.05) is 0 Å². The summed E-state index contributed by atoms with van der Waals surface area (Å²) in [5.41, 5.74) is 5.70. The maximum absolute atomic E-state index is 12.0. The lowest BCUT2D eigenvalue weighted by molar-refractivity contribution is -0.123. The number of morpholine rings is 1. The number of hydroxylamine groups is 1. The van der Waals surface area contributed by atoms with Crippen LogP contribution in [0.25, 0.3) is 5.57 Å². The van der Waals surface area contributed by atoms with Gasteiger partial charge in [-0.05, 0) is 30.7 Å². The van der Waals surface area contributed by atoms with E-state index in [0.29, 0.717) is 38.5 Å². The number of amides is 1. The van der Waals surface area contributed by atoms with E-state index in [2.05, 4.69) is 15.7 Å². The van der Waals surface area contributed by atoms with Crippen molar-refractivity contribution in [1.82, 2.24) is 15.7 Å². The number of ether oxygens (including phenoxy) is 1. The van der Waals surface area contributed by atoms with Crippen molar-refractivity contribution < 1.29 is 19.5 Å². The van der Waals surface area contributed by atoms with Crippen molar-refractivity contribution in [3.8, 4) is 11.5 Å². The third-order valence-corrected chi connectivity index (χ3v) is 4.27. The van der Waals surface area contributed by atoms with Gasteiger partial charge in [-0.15, -0.1) is 0 Å². The molecule has 7 nitrogen and oxygen atoms in total. The summed E-state index contributed by atoms with van der Waals surface area (Å²) in [5.74, 6) is 0.909. The molecule has 130 valence electrons. The minimum atomic E-state index is 0.0184. The Labute approximate surface area is 141 Å². The average Bonchev–Trinajstić information content (AvgIpc) is 2.58. The van der Waals surface area contributed by atoms with Crippen LogP contribution in [0.4, 0.5) is 0 Å². The minimum Gasteiger partial charge on any atom is -0.508 e. The van der Waals surface area contributed by atoms with E-state index in [-0.39, 0.29) is 11.7 Å². The molecule has 1 aromatic rings. The van der Waals surface area contributed by atoms with Gasteiger partial charge in [0.05, 0.1) is 25.5 Å². The van der Waals surface area contributed by atoms with Gasteiger partial charge in [0.1, 0.15) is 5.75 Å². The molecule has 0 atom stereocenters. The van der Waals surface area contributed by atoms with Crippen LogP contribution in [-0.4, -0.2) is 55.3 Å². The highest BCUT2D eigenvalue weighted by Crippen LogP contribution is 2.34. The lowest BCUT2D eigenvalue weighted by Gasteiger charge is -2.26. The summed E-state index contributed by atoms with van der Waals surface area (Å²) < 4.78 is 5.27. The summed E-state index contributed by atoms with van der Waals surface area (Å²) in [6.07, 6.45) is 0.635. The molecule has 24 heavy (non-hydrogen) atoms. The second kappa shape index (κ2) is 7.55. The van der Waals surface area contributed by atoms with Crippen molar-refractivity contribution in [2.24, 2.45) is 0 Å². The van der Waals surface area contributed by atoms with Gasteiger partial charge in [-0.2, -0.15) is 0 Å². The van der Waals surface area contributed by atoms with Crippen LogP contribution in [0.1, 0.15) is 18.9 Å². The fourth-order valence-corrected chi connectivity index (χ4v) is 2.84. The van der Waals surface area contributed by atoms with Crippen LogP contribution in [0.3, 0.4) is 0 Å². The molecule has 0 radical (unpaired) electrons. The summed E-state index contributed by atoms with van der Waals surface area (Å²) >= 11 is 0. The fraction of sp³-hybridized carbons (Fsp3) is 0.471. The Bertz CT molecular complexity index is 639. The molecule has 0 saturated carbocycles. The Morgan fingerprint density at radius 3 is 2.96 bits per heavy atom. The topological polar surface area (TPSA) is 83.1 Å². The second-order valence-corrected chi connectivity index (χ2v) is 5.98. The number of aromatic hydroxyl groups is 1. The van der Waals surface area contributed by atoms with E-state index in [1.807, 2.05) is 6.92 Å².